The van der Waals surface area contributed by atoms with Gasteiger partial charge in [0.05, 0.1) is 11.0 Å². The van der Waals surface area contributed by atoms with Crippen molar-refractivity contribution in [1.82, 2.24) is 4.31 Å². The van der Waals surface area contributed by atoms with Crippen LogP contribution in [0.25, 0.3) is 0 Å². The van der Waals surface area contributed by atoms with E-state index in [1.165, 1.54) is 10.4 Å². The molecule has 1 heterocycles. The summed E-state index contributed by atoms with van der Waals surface area (Å²) in [6.07, 6.45) is 0.280. The number of hydrogen-bond acceptors (Lipinski definition) is 6. The lowest BCUT2D eigenvalue weighted by Crippen LogP contribution is -2.36. The van der Waals surface area contributed by atoms with Crippen molar-refractivity contribution in [1.29, 1.82) is 0 Å². The maximum Gasteiger partial charge on any atom is 0.289 e. The van der Waals surface area contributed by atoms with E-state index in [9.17, 15) is 18.5 Å². The number of sulfonamides is 1. The summed E-state index contributed by atoms with van der Waals surface area (Å²) in [6.45, 7) is 2.65. The van der Waals surface area contributed by atoms with E-state index in [0.717, 1.165) is 12.1 Å². The van der Waals surface area contributed by atoms with Crippen LogP contribution in [0.4, 0.5) is 11.4 Å². The summed E-state index contributed by atoms with van der Waals surface area (Å²) < 4.78 is 32.0. The molecule has 0 aromatic heterocycles. The molecule has 1 unspecified atom stereocenters. The summed E-state index contributed by atoms with van der Waals surface area (Å²) in [4.78, 5) is 9.96. The van der Waals surface area contributed by atoms with Crippen molar-refractivity contribution >= 4 is 21.4 Å². The average Bonchev–Trinajstić information content (AvgIpc) is 2.63. The van der Waals surface area contributed by atoms with Gasteiger partial charge < -0.3 is 10.5 Å². The fraction of sp³-hybridized carbons (Fsp3) is 0.500. The van der Waals surface area contributed by atoms with Gasteiger partial charge in [-0.25, -0.2) is 8.42 Å². The fourth-order valence-corrected chi connectivity index (χ4v) is 3.95. The Hall–Kier alpha value is -1.71. The normalized spacial score (nSPS) is 20.9. The first kappa shape index (κ1) is 15.7. The lowest BCUT2D eigenvalue weighted by Gasteiger charge is -2.21. The molecule has 0 spiro atoms. The number of nitro benzene ring substituents is 1. The molecule has 116 valence electrons. The highest BCUT2D eigenvalue weighted by atomic mass is 32.2. The van der Waals surface area contributed by atoms with Gasteiger partial charge in [0.15, 0.2) is 4.90 Å². The molecule has 0 bridgehead atoms. The Morgan fingerprint density at radius 3 is 2.86 bits per heavy atom. The van der Waals surface area contributed by atoms with Gasteiger partial charge in [-0.15, -0.1) is 0 Å². The van der Waals surface area contributed by atoms with E-state index in [2.05, 4.69) is 0 Å². The number of rotatable bonds is 3. The molecule has 0 aliphatic carbocycles. The molecule has 1 fully saturated rings. The molecule has 8 nitrogen and oxygen atoms in total. The number of nitrogens with zero attached hydrogens (tertiary/aromatic N) is 2. The lowest BCUT2D eigenvalue weighted by atomic mass is 10.3. The maximum absolute atomic E-state index is 12.7. The van der Waals surface area contributed by atoms with Gasteiger partial charge in [-0.1, -0.05) is 0 Å². The number of nitrogen functional groups attached to an aromatic ring is 1. The Bertz CT molecular complexity index is 646. The quantitative estimate of drug-likeness (QED) is 0.505. The van der Waals surface area contributed by atoms with Gasteiger partial charge in [-0.05, 0) is 25.5 Å². The molecule has 1 aliphatic rings. The van der Waals surface area contributed by atoms with E-state index >= 15 is 0 Å². The second-order valence-corrected chi connectivity index (χ2v) is 6.79. The number of ether oxygens (including phenoxy) is 1. The van der Waals surface area contributed by atoms with Crippen LogP contribution >= 0.6 is 0 Å². The molecule has 0 amide bonds. The number of benzene rings is 1. The minimum Gasteiger partial charge on any atom is -0.399 e. The Kier molecular flexibility index (Phi) is 4.45. The summed E-state index contributed by atoms with van der Waals surface area (Å²) in [5.74, 6) is 0. The van der Waals surface area contributed by atoms with Crippen molar-refractivity contribution < 1.29 is 18.1 Å². The molecule has 0 radical (unpaired) electrons. The van der Waals surface area contributed by atoms with Crippen LogP contribution in [0.2, 0.25) is 0 Å². The third-order valence-corrected chi connectivity index (χ3v) is 5.11. The van der Waals surface area contributed by atoms with Crippen LogP contribution in [0, 0.1) is 10.1 Å². The van der Waals surface area contributed by atoms with Crippen LogP contribution in [0.5, 0.6) is 0 Å². The van der Waals surface area contributed by atoms with Gasteiger partial charge in [-0.2, -0.15) is 4.31 Å². The lowest BCUT2D eigenvalue weighted by molar-refractivity contribution is -0.387. The van der Waals surface area contributed by atoms with Gasteiger partial charge in [0.2, 0.25) is 10.0 Å². The van der Waals surface area contributed by atoms with E-state index in [4.69, 9.17) is 10.5 Å². The van der Waals surface area contributed by atoms with Crippen LogP contribution in [0.15, 0.2) is 23.1 Å². The van der Waals surface area contributed by atoms with E-state index in [0.29, 0.717) is 13.0 Å². The maximum atomic E-state index is 12.7. The van der Waals surface area contributed by atoms with Gasteiger partial charge in [0.25, 0.3) is 5.69 Å². The van der Waals surface area contributed by atoms with Crippen LogP contribution in [0.1, 0.15) is 13.3 Å². The highest BCUT2D eigenvalue weighted by Gasteiger charge is 2.33. The fourth-order valence-electron chi connectivity index (χ4n) is 2.20. The molecular formula is C12H17N3O5S. The van der Waals surface area contributed by atoms with E-state index in [1.807, 2.05) is 0 Å². The zero-order valence-electron chi connectivity index (χ0n) is 11.6. The van der Waals surface area contributed by atoms with Crippen molar-refractivity contribution in [2.24, 2.45) is 0 Å². The molecule has 2 rings (SSSR count). The van der Waals surface area contributed by atoms with Crippen molar-refractivity contribution in [2.45, 2.75) is 24.3 Å². The van der Waals surface area contributed by atoms with Crippen molar-refractivity contribution in [2.75, 3.05) is 25.4 Å². The smallest absolute Gasteiger partial charge is 0.289 e. The predicted molar refractivity (Wildman–Crippen MR) is 76.3 cm³/mol. The minimum absolute atomic E-state index is 0.161. The summed E-state index contributed by atoms with van der Waals surface area (Å²) in [5, 5.41) is 11.1. The van der Waals surface area contributed by atoms with Crippen molar-refractivity contribution in [3.63, 3.8) is 0 Å². The van der Waals surface area contributed by atoms with E-state index < -0.39 is 20.6 Å². The summed E-state index contributed by atoms with van der Waals surface area (Å²) >= 11 is 0. The molecule has 1 aliphatic heterocycles. The summed E-state index contributed by atoms with van der Waals surface area (Å²) in [5.41, 5.74) is 5.28. The predicted octanol–water partition coefficient (Wildman–Crippen LogP) is 0.977. The largest absolute Gasteiger partial charge is 0.399 e. The summed E-state index contributed by atoms with van der Waals surface area (Å²) in [6, 6.07) is 3.55. The van der Waals surface area contributed by atoms with Gasteiger partial charge in [0, 0.05) is 31.5 Å². The number of nitrogens with two attached hydrogens (primary N) is 1. The molecule has 9 heteroatoms. The molecule has 21 heavy (non-hydrogen) atoms. The number of anilines is 1. The van der Waals surface area contributed by atoms with Crippen molar-refractivity contribution in [3.8, 4) is 0 Å². The van der Waals surface area contributed by atoms with Crippen molar-refractivity contribution in [3.05, 3.63) is 28.3 Å². The third-order valence-electron chi connectivity index (χ3n) is 3.21. The van der Waals surface area contributed by atoms with Crippen LogP contribution in [-0.4, -0.2) is 43.4 Å². The molecule has 1 saturated heterocycles. The van der Waals surface area contributed by atoms with Gasteiger partial charge in [-0.3, -0.25) is 10.1 Å². The molecule has 0 saturated carbocycles. The second-order valence-electron chi connectivity index (χ2n) is 4.88. The highest BCUT2D eigenvalue weighted by molar-refractivity contribution is 7.89. The average molecular weight is 315 g/mol. The second kappa shape index (κ2) is 5.96. The molecule has 1 aromatic carbocycles. The SMILES string of the molecule is CC1CN(S(=O)(=O)c2cc(N)ccc2[N+](=O)[O-])CCCO1. The van der Waals surface area contributed by atoms with Crippen LogP contribution in [0.3, 0.4) is 0 Å². The third kappa shape index (κ3) is 3.31. The Balaban J connectivity index is 2.48. The molecule has 2 N–H and O–H groups in total. The topological polar surface area (TPSA) is 116 Å². The Morgan fingerprint density at radius 2 is 2.19 bits per heavy atom. The minimum atomic E-state index is -3.98. The zero-order chi connectivity index (χ0) is 15.6. The first-order chi connectivity index (χ1) is 9.82. The number of nitro groups is 1. The Morgan fingerprint density at radius 1 is 1.48 bits per heavy atom. The molecule has 1 aromatic rings. The van der Waals surface area contributed by atoms with Gasteiger partial charge in [0.1, 0.15) is 0 Å². The number of hydrogen-bond donors (Lipinski definition) is 1. The van der Waals surface area contributed by atoms with Crippen LogP contribution in [-0.2, 0) is 14.8 Å². The monoisotopic (exact) mass is 315 g/mol. The van der Waals surface area contributed by atoms with Gasteiger partial charge >= 0.3 is 0 Å². The Labute approximate surface area is 122 Å². The molecular weight excluding hydrogens is 298 g/mol. The standard InChI is InChI=1S/C12H17N3O5S/c1-9-8-14(5-2-6-20-9)21(18,19)12-7-10(13)3-4-11(12)15(16)17/h3-4,7,9H,2,5-6,8,13H2,1H3. The first-order valence-electron chi connectivity index (χ1n) is 6.48. The first-order valence-corrected chi connectivity index (χ1v) is 7.92. The summed E-state index contributed by atoms with van der Waals surface area (Å²) in [7, 11) is -3.98. The van der Waals surface area contributed by atoms with Crippen LogP contribution < -0.4 is 5.73 Å². The highest BCUT2D eigenvalue weighted by Crippen LogP contribution is 2.29. The molecule has 1 atom stereocenters. The zero-order valence-corrected chi connectivity index (χ0v) is 12.4. The van der Waals surface area contributed by atoms with E-state index in [-0.39, 0.29) is 29.8 Å². The van der Waals surface area contributed by atoms with E-state index in [1.54, 1.807) is 6.92 Å².